The fraction of sp³-hybridized carbons (Fsp3) is 0.429. The normalized spacial score (nSPS) is 20.1. The molecule has 1 atom stereocenters. The Morgan fingerprint density at radius 2 is 2.11 bits per heavy atom. The van der Waals surface area contributed by atoms with E-state index in [9.17, 15) is 0 Å². The number of nitrogens with zero attached hydrogens (tertiary/aromatic N) is 2. The Labute approximate surface area is 111 Å². The fourth-order valence-corrected chi connectivity index (χ4v) is 3.21. The average Bonchev–Trinajstić information content (AvgIpc) is 2.46. The van der Waals surface area contributed by atoms with Crippen LogP contribution in [0.3, 0.4) is 0 Å². The molecule has 0 aliphatic carbocycles. The summed E-state index contributed by atoms with van der Waals surface area (Å²) >= 11 is 1.81. The Morgan fingerprint density at radius 3 is 2.94 bits per heavy atom. The third kappa shape index (κ3) is 2.82. The summed E-state index contributed by atoms with van der Waals surface area (Å²) in [6.45, 7) is 1.16. The molecular weight excluding hydrogens is 242 g/mol. The van der Waals surface area contributed by atoms with E-state index in [4.69, 9.17) is 0 Å². The lowest BCUT2D eigenvalue weighted by atomic mass is 10.1. The quantitative estimate of drug-likeness (QED) is 0.860. The number of benzene rings is 1. The minimum absolute atomic E-state index is 0.636. The summed E-state index contributed by atoms with van der Waals surface area (Å²) in [6, 6.07) is 8.66. The van der Waals surface area contributed by atoms with Crippen LogP contribution in [-0.4, -0.2) is 28.3 Å². The number of para-hydroxylation sites is 2. The van der Waals surface area contributed by atoms with Gasteiger partial charge in [0.25, 0.3) is 0 Å². The molecule has 1 fully saturated rings. The molecule has 1 aromatic heterocycles. The number of nitrogens with one attached hydrogen (secondary N) is 1. The maximum Gasteiger partial charge on any atom is 0.115 e. The van der Waals surface area contributed by atoms with Gasteiger partial charge in [0, 0.05) is 11.8 Å². The van der Waals surface area contributed by atoms with Crippen LogP contribution in [0.15, 0.2) is 35.5 Å². The molecule has 1 N–H and O–H groups in total. The molecule has 0 bridgehead atoms. The molecule has 0 unspecified atom stereocenters. The molecule has 4 heteroatoms. The fourth-order valence-electron chi connectivity index (χ4n) is 2.26. The summed E-state index contributed by atoms with van der Waals surface area (Å²) in [5, 5.41) is 4.59. The Kier molecular flexibility index (Phi) is 3.76. The summed E-state index contributed by atoms with van der Waals surface area (Å²) in [6.07, 6.45) is 5.84. The van der Waals surface area contributed by atoms with Crippen LogP contribution < -0.4 is 5.32 Å². The second-order valence-corrected chi connectivity index (χ2v) is 5.70. The van der Waals surface area contributed by atoms with Gasteiger partial charge in [-0.2, -0.15) is 0 Å². The zero-order valence-electron chi connectivity index (χ0n) is 10.3. The van der Waals surface area contributed by atoms with E-state index >= 15 is 0 Å². The predicted octanol–water partition coefficient (Wildman–Crippen LogP) is 2.86. The van der Waals surface area contributed by atoms with Crippen molar-refractivity contribution < 1.29 is 0 Å². The molecule has 0 radical (unpaired) electrons. The van der Waals surface area contributed by atoms with Gasteiger partial charge in [-0.1, -0.05) is 18.6 Å². The molecular formula is C14H17N3S. The Balaban J connectivity index is 1.66. The Hall–Kier alpha value is -1.13. The van der Waals surface area contributed by atoms with Gasteiger partial charge < -0.3 is 5.32 Å². The lowest BCUT2D eigenvalue weighted by Gasteiger charge is -2.22. The molecule has 2 heterocycles. The van der Waals surface area contributed by atoms with E-state index in [-0.39, 0.29) is 0 Å². The van der Waals surface area contributed by atoms with Crippen molar-refractivity contribution in [2.75, 3.05) is 12.3 Å². The molecule has 0 spiro atoms. The number of fused-ring (bicyclic) bond motifs is 1. The van der Waals surface area contributed by atoms with E-state index in [2.05, 4.69) is 15.3 Å². The smallest absolute Gasteiger partial charge is 0.115 e. The van der Waals surface area contributed by atoms with Crippen LogP contribution in [0.25, 0.3) is 11.0 Å². The molecule has 0 saturated carbocycles. The van der Waals surface area contributed by atoms with Crippen molar-refractivity contribution >= 4 is 22.8 Å². The van der Waals surface area contributed by atoms with Gasteiger partial charge in [-0.05, 0) is 31.5 Å². The molecule has 18 heavy (non-hydrogen) atoms. The average molecular weight is 259 g/mol. The Bertz CT molecular complexity index is 523. The van der Waals surface area contributed by atoms with Gasteiger partial charge in [0.15, 0.2) is 0 Å². The highest BCUT2D eigenvalue weighted by molar-refractivity contribution is 7.99. The second kappa shape index (κ2) is 5.67. The highest BCUT2D eigenvalue weighted by atomic mass is 32.2. The second-order valence-electron chi connectivity index (χ2n) is 4.65. The van der Waals surface area contributed by atoms with Crippen LogP contribution in [0, 0.1) is 0 Å². The molecule has 1 saturated heterocycles. The highest BCUT2D eigenvalue weighted by Gasteiger charge is 2.13. The van der Waals surface area contributed by atoms with E-state index in [0.29, 0.717) is 6.04 Å². The molecule has 1 aromatic carbocycles. The lowest BCUT2D eigenvalue weighted by Crippen LogP contribution is -2.35. The van der Waals surface area contributed by atoms with Gasteiger partial charge in [0.05, 0.1) is 17.2 Å². The van der Waals surface area contributed by atoms with E-state index < -0.39 is 0 Å². The van der Waals surface area contributed by atoms with Crippen LogP contribution in [0.5, 0.6) is 0 Å². The highest BCUT2D eigenvalue weighted by Crippen LogP contribution is 2.20. The molecule has 3 nitrogen and oxygen atoms in total. The first kappa shape index (κ1) is 11.9. The van der Waals surface area contributed by atoms with Crippen LogP contribution in [0.2, 0.25) is 0 Å². The molecule has 3 rings (SSSR count). The van der Waals surface area contributed by atoms with Crippen molar-refractivity contribution in [1.82, 2.24) is 15.3 Å². The number of aromatic nitrogens is 2. The van der Waals surface area contributed by atoms with Crippen molar-refractivity contribution in [2.24, 2.45) is 0 Å². The number of piperidine rings is 1. The van der Waals surface area contributed by atoms with Gasteiger partial charge in [-0.3, -0.25) is 4.98 Å². The zero-order chi connectivity index (χ0) is 12.2. The largest absolute Gasteiger partial charge is 0.313 e. The van der Waals surface area contributed by atoms with Gasteiger partial charge >= 0.3 is 0 Å². The first-order valence-corrected chi connectivity index (χ1v) is 7.48. The SMILES string of the molecule is c1ccc2nc(SC[C@@H]3CCCCN3)cnc2c1. The maximum absolute atomic E-state index is 4.63. The van der Waals surface area contributed by atoms with Crippen LogP contribution >= 0.6 is 11.8 Å². The van der Waals surface area contributed by atoms with Crippen molar-refractivity contribution in [1.29, 1.82) is 0 Å². The van der Waals surface area contributed by atoms with E-state index in [1.807, 2.05) is 30.5 Å². The van der Waals surface area contributed by atoms with Crippen molar-refractivity contribution in [2.45, 2.75) is 30.3 Å². The maximum atomic E-state index is 4.63. The standard InChI is InChI=1S/C14H17N3S/c1-2-7-13-12(6-1)16-9-14(17-13)18-10-11-5-3-4-8-15-11/h1-2,6-7,9,11,15H,3-5,8,10H2/t11-/m0/s1. The molecule has 1 aliphatic heterocycles. The third-order valence-electron chi connectivity index (χ3n) is 3.27. The summed E-state index contributed by atoms with van der Waals surface area (Å²) in [4.78, 5) is 9.07. The van der Waals surface area contributed by atoms with Crippen molar-refractivity contribution in [3.05, 3.63) is 30.5 Å². The summed E-state index contributed by atoms with van der Waals surface area (Å²) < 4.78 is 0. The summed E-state index contributed by atoms with van der Waals surface area (Å²) in [7, 11) is 0. The third-order valence-corrected chi connectivity index (χ3v) is 4.33. The van der Waals surface area contributed by atoms with Crippen molar-refractivity contribution in [3.63, 3.8) is 0 Å². The zero-order valence-corrected chi connectivity index (χ0v) is 11.1. The van der Waals surface area contributed by atoms with Gasteiger partial charge in [0.2, 0.25) is 0 Å². The van der Waals surface area contributed by atoms with Crippen molar-refractivity contribution in [3.8, 4) is 0 Å². The topological polar surface area (TPSA) is 37.8 Å². The molecule has 2 aromatic rings. The monoisotopic (exact) mass is 259 g/mol. The first-order chi connectivity index (χ1) is 8.92. The van der Waals surface area contributed by atoms with Gasteiger partial charge in [0.1, 0.15) is 5.03 Å². The summed E-state index contributed by atoms with van der Waals surface area (Å²) in [5.74, 6) is 1.09. The minimum Gasteiger partial charge on any atom is -0.313 e. The Morgan fingerprint density at radius 1 is 1.22 bits per heavy atom. The van der Waals surface area contributed by atoms with E-state index in [0.717, 1.165) is 28.4 Å². The predicted molar refractivity (Wildman–Crippen MR) is 75.9 cm³/mol. The lowest BCUT2D eigenvalue weighted by molar-refractivity contribution is 0.430. The van der Waals surface area contributed by atoms with E-state index in [1.165, 1.54) is 19.3 Å². The molecule has 1 aliphatic rings. The molecule has 0 amide bonds. The number of hydrogen-bond donors (Lipinski definition) is 1. The van der Waals surface area contributed by atoms with Crippen LogP contribution in [-0.2, 0) is 0 Å². The number of hydrogen-bond acceptors (Lipinski definition) is 4. The van der Waals surface area contributed by atoms with Crippen LogP contribution in [0.4, 0.5) is 0 Å². The number of thioether (sulfide) groups is 1. The first-order valence-electron chi connectivity index (χ1n) is 6.50. The molecule has 94 valence electrons. The van der Waals surface area contributed by atoms with Gasteiger partial charge in [-0.15, -0.1) is 11.8 Å². The minimum atomic E-state index is 0.636. The van der Waals surface area contributed by atoms with Crippen LogP contribution in [0.1, 0.15) is 19.3 Å². The number of rotatable bonds is 3. The van der Waals surface area contributed by atoms with Gasteiger partial charge in [-0.25, -0.2) is 4.98 Å². The summed E-state index contributed by atoms with van der Waals surface area (Å²) in [5.41, 5.74) is 1.96. The van der Waals surface area contributed by atoms with E-state index in [1.54, 1.807) is 11.8 Å².